The lowest BCUT2D eigenvalue weighted by Crippen LogP contribution is -2.17. The Morgan fingerprint density at radius 2 is 2.11 bits per heavy atom. The molecule has 1 atom stereocenters. The van der Waals surface area contributed by atoms with E-state index in [-0.39, 0.29) is 6.04 Å². The van der Waals surface area contributed by atoms with Crippen LogP contribution in [0.15, 0.2) is 34.8 Å². The summed E-state index contributed by atoms with van der Waals surface area (Å²) in [7, 11) is 0. The molecule has 0 radical (unpaired) electrons. The van der Waals surface area contributed by atoms with E-state index in [1.54, 1.807) is 0 Å². The monoisotopic (exact) mass is 343 g/mol. The van der Waals surface area contributed by atoms with Gasteiger partial charge in [-0.2, -0.15) is 0 Å². The molecule has 4 heteroatoms. The highest BCUT2D eigenvalue weighted by Crippen LogP contribution is 2.27. The van der Waals surface area contributed by atoms with Gasteiger partial charge in [0.25, 0.3) is 0 Å². The predicted octanol–water partition coefficient (Wildman–Crippen LogP) is 5.32. The minimum absolute atomic E-state index is 0.250. The van der Waals surface area contributed by atoms with Gasteiger partial charge in [0.2, 0.25) is 0 Å². The predicted molar refractivity (Wildman–Crippen MR) is 83.5 cm³/mol. The third kappa shape index (κ3) is 3.35. The Kier molecular flexibility index (Phi) is 4.84. The van der Waals surface area contributed by atoms with Crippen molar-refractivity contribution in [2.45, 2.75) is 26.4 Å². The van der Waals surface area contributed by atoms with Crippen molar-refractivity contribution in [3.63, 3.8) is 0 Å². The first-order valence-corrected chi connectivity index (χ1v) is 7.79. The quantitative estimate of drug-likeness (QED) is 0.791. The molecule has 18 heavy (non-hydrogen) atoms. The van der Waals surface area contributed by atoms with Gasteiger partial charge in [0.15, 0.2) is 0 Å². The van der Waals surface area contributed by atoms with Gasteiger partial charge in [0, 0.05) is 31.8 Å². The average Bonchev–Trinajstić information content (AvgIpc) is 2.66. The zero-order valence-electron chi connectivity index (χ0n) is 10.3. The maximum absolute atomic E-state index is 6.19. The highest BCUT2D eigenvalue weighted by atomic mass is 79.9. The van der Waals surface area contributed by atoms with Crippen LogP contribution in [0.2, 0.25) is 5.02 Å². The number of aryl methyl sites for hydroxylation is 1. The van der Waals surface area contributed by atoms with E-state index in [4.69, 9.17) is 11.6 Å². The van der Waals surface area contributed by atoms with Crippen LogP contribution in [0.5, 0.6) is 0 Å². The number of hydrogen-bond acceptors (Lipinski definition) is 2. The van der Waals surface area contributed by atoms with E-state index in [1.165, 1.54) is 14.2 Å². The summed E-state index contributed by atoms with van der Waals surface area (Å²) in [5.74, 6) is 0. The lowest BCUT2D eigenvalue weighted by atomic mass is 10.1. The molecule has 1 aromatic heterocycles. The molecule has 0 unspecified atom stereocenters. The second-order valence-electron chi connectivity index (χ2n) is 4.24. The summed E-state index contributed by atoms with van der Waals surface area (Å²) in [6.45, 7) is 5.12. The van der Waals surface area contributed by atoms with Crippen LogP contribution < -0.4 is 5.32 Å². The van der Waals surface area contributed by atoms with Crippen molar-refractivity contribution in [2.75, 3.05) is 0 Å². The van der Waals surface area contributed by atoms with Crippen LogP contribution in [-0.4, -0.2) is 0 Å². The van der Waals surface area contributed by atoms with Crippen LogP contribution in [0.3, 0.4) is 0 Å². The summed E-state index contributed by atoms with van der Waals surface area (Å²) in [4.78, 5) is 2.65. The van der Waals surface area contributed by atoms with Crippen LogP contribution in [0.4, 0.5) is 0 Å². The van der Waals surface area contributed by atoms with E-state index in [2.05, 4.69) is 47.2 Å². The first-order chi connectivity index (χ1) is 8.58. The van der Waals surface area contributed by atoms with Crippen LogP contribution in [0, 0.1) is 6.92 Å². The summed E-state index contributed by atoms with van der Waals surface area (Å²) in [5, 5.41) is 4.32. The second-order valence-corrected chi connectivity index (χ2v) is 6.84. The Bertz CT molecular complexity index is 519. The standard InChI is InChI=1S/C14H15BrClNS/c1-9(12-5-3-4-6-14(12)16)17-8-11-7-13(15)10(2)18-11/h3-7,9,17H,8H2,1-2H3/t9-/m0/s1. The van der Waals surface area contributed by atoms with Crippen LogP contribution in [0.25, 0.3) is 0 Å². The van der Waals surface area contributed by atoms with Crippen LogP contribution in [0.1, 0.15) is 28.3 Å². The Morgan fingerprint density at radius 3 is 2.72 bits per heavy atom. The summed E-state index contributed by atoms with van der Waals surface area (Å²) >= 11 is 11.5. The van der Waals surface area contributed by atoms with Crippen molar-refractivity contribution in [3.8, 4) is 0 Å². The zero-order valence-corrected chi connectivity index (χ0v) is 13.5. The van der Waals surface area contributed by atoms with Gasteiger partial charge in [0.1, 0.15) is 0 Å². The smallest absolute Gasteiger partial charge is 0.0453 e. The largest absolute Gasteiger partial charge is 0.305 e. The Labute approximate surface area is 125 Å². The van der Waals surface area contributed by atoms with Gasteiger partial charge in [-0.3, -0.25) is 0 Å². The molecule has 1 N–H and O–H groups in total. The summed E-state index contributed by atoms with van der Waals surface area (Å²) in [6, 6.07) is 10.4. The first kappa shape index (κ1) is 14.1. The number of rotatable bonds is 4. The van der Waals surface area contributed by atoms with Gasteiger partial charge < -0.3 is 5.32 Å². The average molecular weight is 345 g/mol. The molecule has 0 saturated heterocycles. The minimum atomic E-state index is 0.250. The molecule has 0 saturated carbocycles. The van der Waals surface area contributed by atoms with Crippen molar-refractivity contribution >= 4 is 38.9 Å². The number of halogens is 2. The van der Waals surface area contributed by atoms with Crippen molar-refractivity contribution in [2.24, 2.45) is 0 Å². The molecule has 0 spiro atoms. The number of benzene rings is 1. The van der Waals surface area contributed by atoms with Crippen LogP contribution >= 0.6 is 38.9 Å². The van der Waals surface area contributed by atoms with E-state index < -0.39 is 0 Å². The molecule has 1 aromatic carbocycles. The lowest BCUT2D eigenvalue weighted by Gasteiger charge is -2.14. The third-order valence-corrected chi connectivity index (χ3v) is 5.34. The summed E-state index contributed by atoms with van der Waals surface area (Å²) in [5.41, 5.74) is 1.14. The summed E-state index contributed by atoms with van der Waals surface area (Å²) < 4.78 is 1.19. The van der Waals surface area contributed by atoms with Gasteiger partial charge in [-0.1, -0.05) is 29.8 Å². The second kappa shape index (κ2) is 6.20. The molecule has 1 heterocycles. The Morgan fingerprint density at radius 1 is 1.39 bits per heavy atom. The molecule has 0 aliphatic rings. The fourth-order valence-electron chi connectivity index (χ4n) is 1.79. The van der Waals surface area contributed by atoms with Gasteiger partial charge in [-0.05, 0) is 47.5 Å². The molecule has 0 aliphatic carbocycles. The van der Waals surface area contributed by atoms with Gasteiger partial charge in [0.05, 0.1) is 0 Å². The molecule has 2 aromatic rings. The maximum atomic E-state index is 6.19. The summed E-state index contributed by atoms with van der Waals surface area (Å²) in [6.07, 6.45) is 0. The first-order valence-electron chi connectivity index (χ1n) is 5.80. The molecule has 0 bridgehead atoms. The Hall–Kier alpha value is -0.350. The molecule has 0 amide bonds. The van der Waals surface area contributed by atoms with Crippen molar-refractivity contribution in [3.05, 3.63) is 55.1 Å². The van der Waals surface area contributed by atoms with Crippen molar-refractivity contribution in [1.29, 1.82) is 0 Å². The molecule has 0 fully saturated rings. The Balaban J connectivity index is 2.00. The zero-order chi connectivity index (χ0) is 13.1. The van der Waals surface area contributed by atoms with Crippen LogP contribution in [-0.2, 0) is 6.54 Å². The third-order valence-electron chi connectivity index (χ3n) is 2.86. The molecular weight excluding hydrogens is 330 g/mol. The normalized spacial score (nSPS) is 12.7. The highest BCUT2D eigenvalue weighted by molar-refractivity contribution is 9.10. The SMILES string of the molecule is Cc1sc(CN[C@@H](C)c2ccccc2Cl)cc1Br. The lowest BCUT2D eigenvalue weighted by molar-refractivity contribution is 0.579. The highest BCUT2D eigenvalue weighted by Gasteiger charge is 2.09. The molecule has 96 valence electrons. The molecular formula is C14H15BrClNS. The molecule has 1 nitrogen and oxygen atoms in total. The maximum Gasteiger partial charge on any atom is 0.0453 e. The van der Waals surface area contributed by atoms with E-state index in [0.29, 0.717) is 0 Å². The van der Waals surface area contributed by atoms with E-state index >= 15 is 0 Å². The van der Waals surface area contributed by atoms with Crippen molar-refractivity contribution < 1.29 is 0 Å². The van der Waals surface area contributed by atoms with Gasteiger partial charge in [-0.15, -0.1) is 11.3 Å². The molecule has 0 aliphatic heterocycles. The van der Waals surface area contributed by atoms with Gasteiger partial charge >= 0.3 is 0 Å². The van der Waals surface area contributed by atoms with E-state index in [0.717, 1.165) is 17.1 Å². The number of nitrogens with one attached hydrogen (secondary N) is 1. The fraction of sp³-hybridized carbons (Fsp3) is 0.286. The topological polar surface area (TPSA) is 12.0 Å². The van der Waals surface area contributed by atoms with E-state index in [1.807, 2.05) is 29.5 Å². The van der Waals surface area contributed by atoms with Gasteiger partial charge in [-0.25, -0.2) is 0 Å². The minimum Gasteiger partial charge on any atom is -0.305 e. The molecule has 2 rings (SSSR count). The number of hydrogen-bond donors (Lipinski definition) is 1. The fourth-order valence-corrected chi connectivity index (χ4v) is 3.65. The number of thiophene rings is 1. The van der Waals surface area contributed by atoms with E-state index in [9.17, 15) is 0 Å². The van der Waals surface area contributed by atoms with Crippen molar-refractivity contribution in [1.82, 2.24) is 5.32 Å².